The molecule has 0 radical (unpaired) electrons. The Morgan fingerprint density at radius 1 is 1.03 bits per heavy atom. The molecule has 0 aliphatic carbocycles. The Balaban J connectivity index is 1.74. The molecule has 1 N–H and O–H groups in total. The van der Waals surface area contributed by atoms with Gasteiger partial charge in [-0.2, -0.15) is 0 Å². The molecule has 4 aromatic rings. The van der Waals surface area contributed by atoms with Crippen molar-refractivity contribution in [2.75, 3.05) is 5.32 Å². The molecular formula is C26H21Cl2N5O4. The molecule has 0 atom stereocenters. The number of benzene rings is 2. The van der Waals surface area contributed by atoms with Gasteiger partial charge in [-0.25, -0.2) is 14.8 Å². The van der Waals surface area contributed by atoms with Crippen LogP contribution in [0.1, 0.15) is 33.5 Å². The van der Waals surface area contributed by atoms with Crippen molar-refractivity contribution in [3.8, 4) is 22.4 Å². The third-order valence-electron chi connectivity index (χ3n) is 5.83. The maximum atomic E-state index is 12.9. The Labute approximate surface area is 221 Å². The average Bonchev–Trinajstić information content (AvgIpc) is 2.90. The zero-order valence-corrected chi connectivity index (χ0v) is 21.6. The average molecular weight is 538 g/mol. The van der Waals surface area contributed by atoms with Crippen molar-refractivity contribution in [3.63, 3.8) is 0 Å². The van der Waals surface area contributed by atoms with E-state index in [2.05, 4.69) is 15.3 Å². The first-order valence-corrected chi connectivity index (χ1v) is 11.9. The minimum atomic E-state index is -0.725. The molecule has 0 bridgehead atoms. The summed E-state index contributed by atoms with van der Waals surface area (Å²) in [5, 5.41) is 3.21. The van der Waals surface area contributed by atoms with Crippen molar-refractivity contribution in [1.82, 2.24) is 19.1 Å². The molecule has 0 fully saturated rings. The van der Waals surface area contributed by atoms with Gasteiger partial charge in [0.1, 0.15) is 11.3 Å². The summed E-state index contributed by atoms with van der Waals surface area (Å²) in [5.41, 5.74) is 1.81. The molecule has 9 nitrogen and oxygen atoms in total. The molecule has 0 saturated heterocycles. The molecule has 0 spiro atoms. The molecule has 0 saturated carbocycles. The molecule has 1 amide bonds. The van der Waals surface area contributed by atoms with Gasteiger partial charge in [-0.15, -0.1) is 0 Å². The van der Waals surface area contributed by atoms with Crippen molar-refractivity contribution in [2.45, 2.75) is 13.3 Å². The van der Waals surface area contributed by atoms with Gasteiger partial charge in [-0.3, -0.25) is 19.0 Å². The summed E-state index contributed by atoms with van der Waals surface area (Å²) in [6, 6.07) is 10.4. The van der Waals surface area contributed by atoms with Gasteiger partial charge in [-0.1, -0.05) is 60.5 Å². The molecule has 188 valence electrons. The monoisotopic (exact) mass is 537 g/mol. The Kier molecular flexibility index (Phi) is 7.37. The quantitative estimate of drug-likeness (QED) is 0.369. The first-order valence-electron chi connectivity index (χ1n) is 11.1. The van der Waals surface area contributed by atoms with Crippen LogP contribution in [-0.2, 0) is 20.5 Å². The number of amides is 1. The van der Waals surface area contributed by atoms with Gasteiger partial charge < -0.3 is 9.88 Å². The fourth-order valence-electron chi connectivity index (χ4n) is 3.85. The minimum absolute atomic E-state index is 0.202. The van der Waals surface area contributed by atoms with Crippen LogP contribution < -0.4 is 16.6 Å². The van der Waals surface area contributed by atoms with Gasteiger partial charge >= 0.3 is 5.69 Å². The second-order valence-corrected chi connectivity index (χ2v) is 8.90. The maximum Gasteiger partial charge on any atom is 0.330 e. The summed E-state index contributed by atoms with van der Waals surface area (Å²) in [6.45, 7) is 1.88. The second-order valence-electron chi connectivity index (χ2n) is 8.15. The van der Waals surface area contributed by atoms with Crippen molar-refractivity contribution in [2.24, 2.45) is 14.1 Å². The van der Waals surface area contributed by atoms with Gasteiger partial charge in [-0.05, 0) is 12.5 Å². The number of carbonyl (C=O) groups is 2. The standard InChI is InChI=1S/C26H21Cl2N5O4/c1-4-18-21(13-34)29-11-20(30-18)16-9-5-7-14(22(16)27)15-8-6-10-19(23(15)28)31-24(35)17-12-32(2)26(37)33(3)25(17)36/h5-13H,4H2,1-3H3,(H,31,35). The molecule has 2 heterocycles. The van der Waals surface area contributed by atoms with Crippen LogP contribution in [0.15, 0.2) is 58.4 Å². The Hall–Kier alpha value is -4.08. The first-order chi connectivity index (χ1) is 17.7. The number of nitrogens with one attached hydrogen (secondary N) is 1. The predicted molar refractivity (Wildman–Crippen MR) is 143 cm³/mol. The van der Waals surface area contributed by atoms with E-state index in [-0.39, 0.29) is 22.0 Å². The van der Waals surface area contributed by atoms with Gasteiger partial charge in [0.2, 0.25) is 0 Å². The molecule has 11 heteroatoms. The zero-order valence-electron chi connectivity index (χ0n) is 20.1. The van der Waals surface area contributed by atoms with Gasteiger partial charge in [0.25, 0.3) is 11.5 Å². The summed E-state index contributed by atoms with van der Waals surface area (Å²) in [4.78, 5) is 57.3. The number of anilines is 1. The van der Waals surface area contributed by atoms with E-state index in [1.165, 1.54) is 26.5 Å². The van der Waals surface area contributed by atoms with Crippen LogP contribution in [0.25, 0.3) is 22.4 Å². The smallest absolute Gasteiger partial charge is 0.320 e. The fraction of sp³-hybridized carbons (Fsp3) is 0.154. The van der Waals surface area contributed by atoms with E-state index in [0.717, 1.165) is 9.13 Å². The van der Waals surface area contributed by atoms with Gasteiger partial charge in [0.15, 0.2) is 6.29 Å². The number of carbonyl (C=O) groups excluding carboxylic acids is 2. The number of hydrogen-bond donors (Lipinski definition) is 1. The summed E-state index contributed by atoms with van der Waals surface area (Å²) in [5.74, 6) is -0.715. The van der Waals surface area contributed by atoms with Crippen molar-refractivity contribution >= 4 is 41.1 Å². The SMILES string of the molecule is CCc1nc(-c2cccc(-c3cccc(NC(=O)c4cn(C)c(=O)n(C)c4=O)c3Cl)c2Cl)cnc1C=O. The van der Waals surface area contributed by atoms with E-state index in [1.807, 2.05) is 6.92 Å². The summed E-state index contributed by atoms with van der Waals surface area (Å²) < 4.78 is 2.00. The highest BCUT2D eigenvalue weighted by atomic mass is 35.5. The lowest BCUT2D eigenvalue weighted by Crippen LogP contribution is -2.40. The maximum absolute atomic E-state index is 12.9. The van der Waals surface area contributed by atoms with Crippen LogP contribution in [-0.4, -0.2) is 31.3 Å². The number of aromatic nitrogens is 4. The summed E-state index contributed by atoms with van der Waals surface area (Å²) in [7, 11) is 2.74. The van der Waals surface area contributed by atoms with Crippen molar-refractivity contribution in [3.05, 3.63) is 96.6 Å². The molecule has 4 rings (SSSR count). The number of nitrogens with zero attached hydrogens (tertiary/aromatic N) is 4. The number of aldehydes is 1. The number of rotatable bonds is 6. The molecule has 37 heavy (non-hydrogen) atoms. The van der Waals surface area contributed by atoms with E-state index in [1.54, 1.807) is 36.4 Å². The number of aryl methyl sites for hydroxylation is 2. The third kappa shape index (κ3) is 4.83. The molecular weight excluding hydrogens is 517 g/mol. The summed E-state index contributed by atoms with van der Waals surface area (Å²) >= 11 is 13.5. The number of hydrogen-bond acceptors (Lipinski definition) is 6. The van der Waals surface area contributed by atoms with E-state index in [9.17, 15) is 19.2 Å². The minimum Gasteiger partial charge on any atom is -0.320 e. The second kappa shape index (κ2) is 10.5. The fourth-order valence-corrected chi connectivity index (χ4v) is 4.45. The van der Waals surface area contributed by atoms with Crippen molar-refractivity contribution in [1.29, 1.82) is 0 Å². The molecule has 0 aliphatic rings. The number of halogens is 2. The molecule has 0 unspecified atom stereocenters. The molecule has 2 aromatic heterocycles. The topological polar surface area (TPSA) is 116 Å². The first kappa shape index (κ1) is 26.0. The van der Waals surface area contributed by atoms with Crippen LogP contribution >= 0.6 is 23.2 Å². The molecule has 0 aliphatic heterocycles. The van der Waals surface area contributed by atoms with Crippen molar-refractivity contribution < 1.29 is 9.59 Å². The van der Waals surface area contributed by atoms with E-state index < -0.39 is 17.2 Å². The summed E-state index contributed by atoms with van der Waals surface area (Å²) in [6.07, 6.45) is 3.86. The lowest BCUT2D eigenvalue weighted by Gasteiger charge is -2.15. The Morgan fingerprint density at radius 2 is 1.68 bits per heavy atom. The lowest BCUT2D eigenvalue weighted by atomic mass is 10.0. The molecule has 2 aromatic carbocycles. The van der Waals surface area contributed by atoms with Crippen LogP contribution in [0.5, 0.6) is 0 Å². The highest BCUT2D eigenvalue weighted by Crippen LogP contribution is 2.41. The normalized spacial score (nSPS) is 10.8. The van der Waals surface area contributed by atoms with Crippen LogP contribution in [0, 0.1) is 0 Å². The predicted octanol–water partition coefficient (Wildman–Crippen LogP) is 4.14. The van der Waals surface area contributed by atoms with Crippen LogP contribution in [0.2, 0.25) is 10.0 Å². The highest BCUT2D eigenvalue weighted by Gasteiger charge is 2.19. The Morgan fingerprint density at radius 3 is 2.35 bits per heavy atom. The lowest BCUT2D eigenvalue weighted by molar-refractivity contribution is 0.102. The highest BCUT2D eigenvalue weighted by molar-refractivity contribution is 6.39. The Bertz CT molecular complexity index is 1680. The largest absolute Gasteiger partial charge is 0.330 e. The third-order valence-corrected chi connectivity index (χ3v) is 6.64. The van der Waals surface area contributed by atoms with Gasteiger partial charge in [0, 0.05) is 37.0 Å². The zero-order chi connectivity index (χ0) is 26.9. The van der Waals surface area contributed by atoms with Gasteiger partial charge in [0.05, 0.1) is 33.3 Å². The van der Waals surface area contributed by atoms with E-state index in [4.69, 9.17) is 23.2 Å². The van der Waals surface area contributed by atoms with Crippen LogP contribution in [0.3, 0.4) is 0 Å². The van der Waals surface area contributed by atoms with E-state index in [0.29, 0.717) is 45.8 Å². The van der Waals surface area contributed by atoms with Crippen LogP contribution in [0.4, 0.5) is 5.69 Å². The van der Waals surface area contributed by atoms with E-state index >= 15 is 0 Å².